The molecule has 0 aliphatic carbocycles. The maximum Gasteiger partial charge on any atom is 0.223 e. The second-order valence-corrected chi connectivity index (χ2v) is 7.43. The number of rotatable bonds is 8. The second kappa shape index (κ2) is 11.2. The molecule has 1 aromatic rings. The maximum absolute atomic E-state index is 12.7. The lowest BCUT2D eigenvalue weighted by Crippen LogP contribution is -2.41. The highest BCUT2D eigenvalue weighted by Crippen LogP contribution is 2.23. The van der Waals surface area contributed by atoms with Gasteiger partial charge in [-0.3, -0.25) is 9.79 Å². The van der Waals surface area contributed by atoms with Gasteiger partial charge in [-0.1, -0.05) is 49.6 Å². The highest BCUT2D eigenvalue weighted by molar-refractivity contribution is 6.11. The molecule has 154 valence electrons. The summed E-state index contributed by atoms with van der Waals surface area (Å²) in [5.41, 5.74) is 5.17. The van der Waals surface area contributed by atoms with Gasteiger partial charge in [-0.25, -0.2) is 0 Å². The summed E-state index contributed by atoms with van der Waals surface area (Å²) in [5, 5.41) is 3.11. The first-order valence-electron chi connectivity index (χ1n) is 10.2. The van der Waals surface area contributed by atoms with E-state index < -0.39 is 0 Å². The number of allylic oxidation sites excluding steroid dienone is 4. The van der Waals surface area contributed by atoms with Gasteiger partial charge in [0, 0.05) is 31.8 Å². The monoisotopic (exact) mass is 391 g/mol. The van der Waals surface area contributed by atoms with Crippen molar-refractivity contribution in [1.82, 2.24) is 10.2 Å². The summed E-state index contributed by atoms with van der Waals surface area (Å²) < 4.78 is 0. The van der Waals surface area contributed by atoms with Gasteiger partial charge in [0.1, 0.15) is 0 Å². The molecule has 4 nitrogen and oxygen atoms in total. The van der Waals surface area contributed by atoms with E-state index in [0.717, 1.165) is 42.9 Å². The van der Waals surface area contributed by atoms with Crippen LogP contribution in [0.25, 0.3) is 0 Å². The van der Waals surface area contributed by atoms with E-state index in [1.807, 2.05) is 38.1 Å². The van der Waals surface area contributed by atoms with Crippen LogP contribution in [0.2, 0.25) is 0 Å². The van der Waals surface area contributed by atoms with Crippen molar-refractivity contribution in [3.8, 4) is 0 Å². The molecule has 1 aliphatic rings. The number of hydrogen-bond acceptors (Lipinski definition) is 3. The molecule has 0 spiro atoms. The fourth-order valence-corrected chi connectivity index (χ4v) is 3.51. The van der Waals surface area contributed by atoms with E-state index in [2.05, 4.69) is 47.4 Å². The highest BCUT2D eigenvalue weighted by atomic mass is 16.1. The van der Waals surface area contributed by atoms with E-state index in [1.54, 1.807) is 12.3 Å². The van der Waals surface area contributed by atoms with Crippen LogP contribution in [-0.2, 0) is 11.3 Å². The first-order valence-corrected chi connectivity index (χ1v) is 10.2. The van der Waals surface area contributed by atoms with E-state index >= 15 is 0 Å². The van der Waals surface area contributed by atoms with Gasteiger partial charge in [0.2, 0.25) is 5.91 Å². The number of likely N-dealkylation sites (tertiary alicyclic amines) is 1. The van der Waals surface area contributed by atoms with Crippen molar-refractivity contribution >= 4 is 11.6 Å². The van der Waals surface area contributed by atoms with Crippen molar-refractivity contribution in [2.24, 2.45) is 10.9 Å². The van der Waals surface area contributed by atoms with E-state index in [9.17, 15) is 4.79 Å². The van der Waals surface area contributed by atoms with Crippen LogP contribution in [0.1, 0.15) is 37.8 Å². The minimum atomic E-state index is 0.0426. The summed E-state index contributed by atoms with van der Waals surface area (Å²) in [4.78, 5) is 19.5. The zero-order valence-electron chi connectivity index (χ0n) is 17.9. The van der Waals surface area contributed by atoms with Crippen molar-refractivity contribution < 1.29 is 4.79 Å². The molecule has 0 atom stereocenters. The third-order valence-corrected chi connectivity index (χ3v) is 5.20. The molecule has 2 rings (SSSR count). The zero-order valence-corrected chi connectivity index (χ0v) is 17.9. The Balaban J connectivity index is 1.99. The first-order chi connectivity index (χ1) is 14.0. The predicted molar refractivity (Wildman–Crippen MR) is 123 cm³/mol. The number of carbonyl (C=O) groups is 1. The molecule has 1 fully saturated rings. The summed E-state index contributed by atoms with van der Waals surface area (Å²) in [7, 11) is 0. The minimum Gasteiger partial charge on any atom is -0.370 e. The van der Waals surface area contributed by atoms with E-state index in [1.165, 1.54) is 11.1 Å². The summed E-state index contributed by atoms with van der Waals surface area (Å²) in [6, 6.07) is 8.16. The summed E-state index contributed by atoms with van der Waals surface area (Å²) in [6.45, 7) is 16.1. The number of hydrogen-bond donors (Lipinski definition) is 1. The van der Waals surface area contributed by atoms with E-state index in [4.69, 9.17) is 0 Å². The van der Waals surface area contributed by atoms with Crippen molar-refractivity contribution in [2.75, 3.05) is 13.1 Å². The number of amides is 1. The molecule has 1 heterocycles. The highest BCUT2D eigenvalue weighted by Gasteiger charge is 2.27. The van der Waals surface area contributed by atoms with Gasteiger partial charge in [0.05, 0.1) is 11.4 Å². The summed E-state index contributed by atoms with van der Waals surface area (Å²) in [6.07, 6.45) is 9.09. The smallest absolute Gasteiger partial charge is 0.223 e. The van der Waals surface area contributed by atoms with Crippen LogP contribution in [0.5, 0.6) is 0 Å². The molecule has 0 bridgehead atoms. The van der Waals surface area contributed by atoms with Gasteiger partial charge in [0.15, 0.2) is 0 Å². The summed E-state index contributed by atoms with van der Waals surface area (Å²) in [5.74, 6) is 0.186. The number of benzene rings is 1. The third-order valence-electron chi connectivity index (χ3n) is 5.20. The molecule has 29 heavy (non-hydrogen) atoms. The molecule has 0 unspecified atom stereocenters. The molecular formula is C25H33N3O. The van der Waals surface area contributed by atoms with Crippen LogP contribution in [-0.4, -0.2) is 29.6 Å². The molecule has 0 saturated carbocycles. The molecule has 0 aromatic heterocycles. The SMILES string of the molecule is C=C\C=C(/C(=N\C=C/C)C(=C)C)N1CCC(C(=O)NCc2ccccc2C)CC1. The number of carbonyl (C=O) groups excluding carboxylic acids is 1. The van der Waals surface area contributed by atoms with Gasteiger partial charge in [-0.2, -0.15) is 0 Å². The lowest BCUT2D eigenvalue weighted by atomic mass is 9.94. The van der Waals surface area contributed by atoms with Crippen molar-refractivity contribution in [3.05, 3.63) is 84.2 Å². The quantitative estimate of drug-likeness (QED) is 0.504. The van der Waals surface area contributed by atoms with Gasteiger partial charge >= 0.3 is 0 Å². The second-order valence-electron chi connectivity index (χ2n) is 7.43. The lowest BCUT2D eigenvalue weighted by molar-refractivity contribution is -0.126. The Bertz CT molecular complexity index is 824. The number of piperidine rings is 1. The standard InChI is InChI=1S/C25H33N3O/c1-6-10-23(24(19(3)4)26-15-7-2)28-16-13-21(14-17-28)25(29)27-18-22-12-9-8-11-20(22)5/h6-12,15,21H,1,3,13-14,16-18H2,2,4-5H3,(H,27,29)/b15-7-,23-10+,26-24-. The molecule has 1 aromatic carbocycles. The fraction of sp³-hybridized carbons (Fsp3) is 0.360. The Morgan fingerprint density at radius 1 is 1.31 bits per heavy atom. The topological polar surface area (TPSA) is 44.7 Å². The fourth-order valence-electron chi connectivity index (χ4n) is 3.51. The average molecular weight is 392 g/mol. The Morgan fingerprint density at radius 3 is 2.59 bits per heavy atom. The van der Waals surface area contributed by atoms with Crippen LogP contribution in [0.15, 0.2) is 78.1 Å². The Labute approximate surface area is 175 Å². The van der Waals surface area contributed by atoms with Crippen LogP contribution in [0.3, 0.4) is 0 Å². The molecule has 1 N–H and O–H groups in total. The Hall–Kier alpha value is -2.88. The van der Waals surface area contributed by atoms with Gasteiger partial charge < -0.3 is 10.2 Å². The van der Waals surface area contributed by atoms with Crippen molar-refractivity contribution in [2.45, 2.75) is 40.2 Å². The largest absolute Gasteiger partial charge is 0.370 e. The van der Waals surface area contributed by atoms with Crippen LogP contribution >= 0.6 is 0 Å². The van der Waals surface area contributed by atoms with Crippen LogP contribution in [0, 0.1) is 12.8 Å². The number of nitrogens with zero attached hydrogens (tertiary/aromatic N) is 2. The number of aliphatic imine (C=N–C) groups is 1. The third kappa shape index (κ3) is 6.31. The molecule has 1 amide bonds. The van der Waals surface area contributed by atoms with Gasteiger partial charge in [-0.15, -0.1) is 0 Å². The maximum atomic E-state index is 12.7. The minimum absolute atomic E-state index is 0.0426. The molecule has 4 heteroatoms. The van der Waals surface area contributed by atoms with E-state index in [-0.39, 0.29) is 11.8 Å². The Morgan fingerprint density at radius 2 is 2.00 bits per heavy atom. The van der Waals surface area contributed by atoms with Crippen molar-refractivity contribution in [1.29, 1.82) is 0 Å². The van der Waals surface area contributed by atoms with E-state index in [0.29, 0.717) is 6.54 Å². The number of aryl methyl sites for hydroxylation is 1. The van der Waals surface area contributed by atoms with Crippen LogP contribution in [0.4, 0.5) is 0 Å². The molecule has 0 radical (unpaired) electrons. The average Bonchev–Trinajstić information content (AvgIpc) is 2.72. The van der Waals surface area contributed by atoms with Gasteiger partial charge in [0.25, 0.3) is 0 Å². The Kier molecular flexibility index (Phi) is 8.66. The zero-order chi connectivity index (χ0) is 21.2. The number of nitrogens with one attached hydrogen (secondary N) is 1. The molecule has 1 aliphatic heterocycles. The normalized spacial score (nSPS) is 16.2. The van der Waals surface area contributed by atoms with Crippen LogP contribution < -0.4 is 5.32 Å². The lowest BCUT2D eigenvalue weighted by Gasteiger charge is -2.35. The molecule has 1 saturated heterocycles. The molecular weight excluding hydrogens is 358 g/mol. The first kappa shape index (κ1) is 22.4. The summed E-state index contributed by atoms with van der Waals surface area (Å²) >= 11 is 0. The van der Waals surface area contributed by atoms with Gasteiger partial charge in [-0.05, 0) is 56.4 Å². The van der Waals surface area contributed by atoms with Crippen molar-refractivity contribution in [3.63, 3.8) is 0 Å². The predicted octanol–water partition coefficient (Wildman–Crippen LogP) is 4.94.